The third kappa shape index (κ3) is 3.06. The summed E-state index contributed by atoms with van der Waals surface area (Å²) >= 11 is 0. The molecule has 2 aromatic carbocycles. The Morgan fingerprint density at radius 1 is 1.04 bits per heavy atom. The molecular formula is C17H13F2N3O4. The van der Waals surface area contributed by atoms with Crippen LogP contribution in [0.2, 0.25) is 0 Å². The van der Waals surface area contributed by atoms with E-state index in [9.17, 15) is 18.7 Å². The molecule has 0 unspecified atom stereocenters. The first-order valence-electron chi connectivity index (χ1n) is 7.32. The van der Waals surface area contributed by atoms with Crippen LogP contribution in [0.3, 0.4) is 0 Å². The van der Waals surface area contributed by atoms with Gasteiger partial charge in [0.1, 0.15) is 17.3 Å². The quantitative estimate of drug-likeness (QED) is 0.752. The maximum atomic E-state index is 13.6. The Balaban J connectivity index is 2.25. The molecule has 0 atom stereocenters. The highest BCUT2D eigenvalue weighted by Gasteiger charge is 2.23. The minimum absolute atomic E-state index is 0.0142. The summed E-state index contributed by atoms with van der Waals surface area (Å²) in [5.41, 5.74) is -0.144. The summed E-state index contributed by atoms with van der Waals surface area (Å²) in [4.78, 5) is 11.5. The molecular weight excluding hydrogens is 348 g/mol. The number of carboxylic acids is 1. The van der Waals surface area contributed by atoms with Gasteiger partial charge in [-0.3, -0.25) is 0 Å². The van der Waals surface area contributed by atoms with E-state index < -0.39 is 23.3 Å². The Hall–Kier alpha value is -3.49. The maximum Gasteiger partial charge on any atom is 0.358 e. The molecule has 0 saturated heterocycles. The molecule has 0 spiro atoms. The molecule has 0 fully saturated rings. The minimum atomic E-state index is -1.38. The third-order valence-electron chi connectivity index (χ3n) is 3.62. The van der Waals surface area contributed by atoms with Crippen LogP contribution in [0.1, 0.15) is 10.5 Å². The van der Waals surface area contributed by atoms with Crippen molar-refractivity contribution in [2.75, 3.05) is 14.2 Å². The second kappa shape index (κ2) is 6.79. The predicted octanol–water partition coefficient (Wildman–Crippen LogP) is 2.93. The second-order valence-corrected chi connectivity index (χ2v) is 5.20. The third-order valence-corrected chi connectivity index (χ3v) is 3.62. The summed E-state index contributed by atoms with van der Waals surface area (Å²) < 4.78 is 38.8. The summed E-state index contributed by atoms with van der Waals surface area (Å²) in [6.07, 6.45) is 0. The van der Waals surface area contributed by atoms with Gasteiger partial charge >= 0.3 is 5.97 Å². The first kappa shape index (κ1) is 17.3. The highest BCUT2D eigenvalue weighted by atomic mass is 19.1. The number of halogens is 2. The summed E-state index contributed by atoms with van der Waals surface area (Å²) in [5, 5.41) is 16.8. The minimum Gasteiger partial charge on any atom is -0.493 e. The lowest BCUT2D eigenvalue weighted by Gasteiger charge is -2.11. The van der Waals surface area contributed by atoms with Crippen LogP contribution in [0.15, 0.2) is 36.4 Å². The van der Waals surface area contributed by atoms with Crippen molar-refractivity contribution in [3.63, 3.8) is 0 Å². The highest BCUT2D eigenvalue weighted by molar-refractivity contribution is 5.93. The largest absolute Gasteiger partial charge is 0.493 e. The van der Waals surface area contributed by atoms with E-state index in [2.05, 4.69) is 10.3 Å². The monoisotopic (exact) mass is 361 g/mol. The number of aromatic carboxylic acids is 1. The van der Waals surface area contributed by atoms with E-state index in [1.807, 2.05) is 0 Å². The van der Waals surface area contributed by atoms with Crippen LogP contribution in [0, 0.1) is 11.6 Å². The molecule has 0 aliphatic carbocycles. The molecule has 0 amide bonds. The second-order valence-electron chi connectivity index (χ2n) is 5.20. The molecule has 3 rings (SSSR count). The average Bonchev–Trinajstić information content (AvgIpc) is 3.05. The first-order valence-corrected chi connectivity index (χ1v) is 7.32. The number of nitrogens with zero attached hydrogens (tertiary/aromatic N) is 3. The van der Waals surface area contributed by atoms with Crippen molar-refractivity contribution in [3.8, 4) is 28.4 Å². The van der Waals surface area contributed by atoms with E-state index in [0.29, 0.717) is 23.3 Å². The predicted molar refractivity (Wildman–Crippen MR) is 86.8 cm³/mol. The number of rotatable bonds is 5. The molecule has 134 valence electrons. The van der Waals surface area contributed by atoms with Crippen LogP contribution < -0.4 is 9.47 Å². The number of methoxy groups -OCH3 is 2. The smallest absolute Gasteiger partial charge is 0.358 e. The van der Waals surface area contributed by atoms with Crippen molar-refractivity contribution < 1.29 is 28.2 Å². The fourth-order valence-electron chi connectivity index (χ4n) is 2.51. The van der Waals surface area contributed by atoms with E-state index in [1.165, 1.54) is 25.0 Å². The first-order chi connectivity index (χ1) is 12.4. The van der Waals surface area contributed by atoms with Gasteiger partial charge in [-0.15, -0.1) is 5.10 Å². The van der Waals surface area contributed by atoms with E-state index in [1.54, 1.807) is 12.1 Å². The van der Waals surface area contributed by atoms with Gasteiger partial charge in [-0.1, -0.05) is 5.21 Å². The van der Waals surface area contributed by atoms with Gasteiger partial charge in [-0.05, 0) is 24.3 Å². The summed E-state index contributed by atoms with van der Waals surface area (Å²) in [6.45, 7) is 0. The number of ether oxygens (including phenoxy) is 2. The number of hydrogen-bond donors (Lipinski definition) is 1. The Bertz CT molecular complexity index is 968. The number of carboxylic acid groups (broad SMARTS) is 1. The van der Waals surface area contributed by atoms with Gasteiger partial charge in [0.25, 0.3) is 0 Å². The van der Waals surface area contributed by atoms with Gasteiger partial charge in [0.05, 0.1) is 19.9 Å². The van der Waals surface area contributed by atoms with Crippen molar-refractivity contribution in [2.45, 2.75) is 0 Å². The highest BCUT2D eigenvalue weighted by Crippen LogP contribution is 2.32. The molecule has 0 bridgehead atoms. The van der Waals surface area contributed by atoms with E-state index >= 15 is 0 Å². The molecule has 3 aromatic rings. The fourth-order valence-corrected chi connectivity index (χ4v) is 2.51. The van der Waals surface area contributed by atoms with Crippen molar-refractivity contribution in [3.05, 3.63) is 53.7 Å². The summed E-state index contributed by atoms with van der Waals surface area (Å²) in [6, 6.07) is 7.41. The molecule has 1 heterocycles. The van der Waals surface area contributed by atoms with Crippen LogP contribution in [0.5, 0.6) is 11.5 Å². The van der Waals surface area contributed by atoms with Gasteiger partial charge in [0, 0.05) is 17.7 Å². The number of aromatic nitrogens is 3. The molecule has 0 radical (unpaired) electrons. The molecule has 26 heavy (non-hydrogen) atoms. The maximum absolute atomic E-state index is 13.6. The topological polar surface area (TPSA) is 86.5 Å². The van der Waals surface area contributed by atoms with Gasteiger partial charge in [0.15, 0.2) is 17.2 Å². The molecule has 1 N–H and O–H groups in total. The normalized spacial score (nSPS) is 10.6. The number of hydrogen-bond acceptors (Lipinski definition) is 5. The Kier molecular flexibility index (Phi) is 4.53. The standard InChI is InChI=1S/C17H13F2N3O4/c1-25-13-4-3-12(8-14(13)26-2)22-16(15(17(23)24)20-21-22)9-5-10(18)7-11(19)6-9/h3-8H,1-2H3,(H,23,24). The van der Waals surface area contributed by atoms with Gasteiger partial charge in [0.2, 0.25) is 0 Å². The molecule has 0 aliphatic heterocycles. The number of carbonyl (C=O) groups is 1. The van der Waals surface area contributed by atoms with Gasteiger partial charge in [-0.25, -0.2) is 18.3 Å². The molecule has 7 nitrogen and oxygen atoms in total. The Morgan fingerprint density at radius 3 is 2.27 bits per heavy atom. The molecule has 0 aliphatic rings. The zero-order valence-electron chi connectivity index (χ0n) is 13.7. The van der Waals surface area contributed by atoms with E-state index in [0.717, 1.165) is 12.1 Å². The zero-order chi connectivity index (χ0) is 18.8. The van der Waals surface area contributed by atoms with Gasteiger partial charge < -0.3 is 14.6 Å². The molecule has 0 saturated carbocycles. The Morgan fingerprint density at radius 2 is 1.69 bits per heavy atom. The van der Waals surface area contributed by atoms with Crippen molar-refractivity contribution >= 4 is 5.97 Å². The van der Waals surface area contributed by atoms with Crippen molar-refractivity contribution in [1.29, 1.82) is 0 Å². The Labute approximate surface area is 146 Å². The van der Waals surface area contributed by atoms with Crippen LogP contribution in [0.25, 0.3) is 16.9 Å². The van der Waals surface area contributed by atoms with Crippen molar-refractivity contribution in [2.24, 2.45) is 0 Å². The van der Waals surface area contributed by atoms with Crippen LogP contribution >= 0.6 is 0 Å². The summed E-state index contributed by atoms with van der Waals surface area (Å²) in [5.74, 6) is -2.26. The summed E-state index contributed by atoms with van der Waals surface area (Å²) in [7, 11) is 2.91. The van der Waals surface area contributed by atoms with Crippen LogP contribution in [-0.4, -0.2) is 40.3 Å². The van der Waals surface area contributed by atoms with Gasteiger partial charge in [-0.2, -0.15) is 0 Å². The van der Waals surface area contributed by atoms with Crippen molar-refractivity contribution in [1.82, 2.24) is 15.0 Å². The lowest BCUT2D eigenvalue weighted by atomic mass is 10.1. The average molecular weight is 361 g/mol. The van der Waals surface area contributed by atoms with E-state index in [4.69, 9.17) is 9.47 Å². The van der Waals surface area contributed by atoms with Crippen LogP contribution in [0.4, 0.5) is 8.78 Å². The zero-order valence-corrected chi connectivity index (χ0v) is 13.7. The number of benzene rings is 2. The SMILES string of the molecule is COc1ccc(-n2nnc(C(=O)O)c2-c2cc(F)cc(F)c2)cc1OC. The lowest BCUT2D eigenvalue weighted by Crippen LogP contribution is -2.04. The lowest BCUT2D eigenvalue weighted by molar-refractivity contribution is 0.0691. The fraction of sp³-hybridized carbons (Fsp3) is 0.118. The van der Waals surface area contributed by atoms with Crippen LogP contribution in [-0.2, 0) is 0 Å². The molecule has 1 aromatic heterocycles. The molecule has 9 heteroatoms. The van der Waals surface area contributed by atoms with E-state index in [-0.39, 0.29) is 11.3 Å².